The molecule has 2 heteroatoms. The van der Waals surface area contributed by atoms with E-state index in [1.165, 1.54) is 64.6 Å². The van der Waals surface area contributed by atoms with Crippen molar-refractivity contribution in [3.8, 4) is 0 Å². The highest BCUT2D eigenvalue weighted by Gasteiger charge is 2.36. The van der Waals surface area contributed by atoms with E-state index >= 15 is 0 Å². The highest BCUT2D eigenvalue weighted by molar-refractivity contribution is 4.94. The van der Waals surface area contributed by atoms with E-state index in [4.69, 9.17) is 0 Å². The van der Waals surface area contributed by atoms with Gasteiger partial charge in [-0.25, -0.2) is 0 Å². The van der Waals surface area contributed by atoms with Gasteiger partial charge in [0.1, 0.15) is 0 Å². The third-order valence-electron chi connectivity index (χ3n) is 5.26. The topological polar surface area (TPSA) is 15.3 Å². The number of hydrogen-bond donors (Lipinski definition) is 1. The predicted octanol–water partition coefficient (Wildman–Crippen LogP) is 3.67. The first-order valence-corrected chi connectivity index (χ1v) is 8.75. The Kier molecular flexibility index (Phi) is 6.15. The average molecular weight is 266 g/mol. The second-order valence-electron chi connectivity index (χ2n) is 6.78. The second kappa shape index (κ2) is 7.64. The molecule has 1 saturated heterocycles. The van der Waals surface area contributed by atoms with Crippen LogP contribution < -0.4 is 5.32 Å². The van der Waals surface area contributed by atoms with Gasteiger partial charge < -0.3 is 5.32 Å². The standard InChI is InChI=1S/C17H34N2/c1-4-7-8-14(5-2)12-19-13-17(15-9-10-15)18-11-16(19)6-3/h14-18H,4-13H2,1-3H3. The van der Waals surface area contributed by atoms with Crippen LogP contribution in [0.2, 0.25) is 0 Å². The summed E-state index contributed by atoms with van der Waals surface area (Å²) in [6.07, 6.45) is 9.78. The van der Waals surface area contributed by atoms with Crippen molar-refractivity contribution in [1.82, 2.24) is 10.2 Å². The van der Waals surface area contributed by atoms with Crippen LogP contribution in [0, 0.1) is 11.8 Å². The van der Waals surface area contributed by atoms with Crippen molar-refractivity contribution in [2.24, 2.45) is 11.8 Å². The van der Waals surface area contributed by atoms with Crippen LogP contribution in [-0.2, 0) is 0 Å². The van der Waals surface area contributed by atoms with Gasteiger partial charge in [-0.2, -0.15) is 0 Å². The van der Waals surface area contributed by atoms with Crippen molar-refractivity contribution >= 4 is 0 Å². The summed E-state index contributed by atoms with van der Waals surface area (Å²) in [4.78, 5) is 2.82. The van der Waals surface area contributed by atoms with Gasteiger partial charge in [-0.3, -0.25) is 4.90 Å². The molecule has 2 fully saturated rings. The molecule has 0 aromatic heterocycles. The summed E-state index contributed by atoms with van der Waals surface area (Å²) in [5.74, 6) is 1.92. The molecule has 3 atom stereocenters. The highest BCUT2D eigenvalue weighted by Crippen LogP contribution is 2.34. The van der Waals surface area contributed by atoms with Crippen LogP contribution in [0.4, 0.5) is 0 Å². The summed E-state index contributed by atoms with van der Waals surface area (Å²) < 4.78 is 0. The van der Waals surface area contributed by atoms with Crippen LogP contribution in [0.1, 0.15) is 65.7 Å². The Hall–Kier alpha value is -0.0800. The van der Waals surface area contributed by atoms with Crippen LogP contribution in [0.5, 0.6) is 0 Å². The quantitative estimate of drug-likeness (QED) is 0.721. The normalized spacial score (nSPS) is 30.5. The maximum Gasteiger partial charge on any atom is 0.0224 e. The summed E-state index contributed by atoms with van der Waals surface area (Å²) in [6, 6.07) is 1.58. The third kappa shape index (κ3) is 4.46. The largest absolute Gasteiger partial charge is 0.311 e. The van der Waals surface area contributed by atoms with Crippen LogP contribution >= 0.6 is 0 Å². The Balaban J connectivity index is 1.85. The van der Waals surface area contributed by atoms with Crippen molar-refractivity contribution in [2.75, 3.05) is 19.6 Å². The zero-order valence-electron chi connectivity index (χ0n) is 13.3. The van der Waals surface area contributed by atoms with Gasteiger partial charge in [0.05, 0.1) is 0 Å². The van der Waals surface area contributed by atoms with Crippen LogP contribution in [0.3, 0.4) is 0 Å². The summed E-state index contributed by atoms with van der Waals surface area (Å²) in [5.41, 5.74) is 0. The van der Waals surface area contributed by atoms with Gasteiger partial charge in [0, 0.05) is 31.7 Å². The summed E-state index contributed by atoms with van der Waals surface area (Å²) >= 11 is 0. The second-order valence-corrected chi connectivity index (χ2v) is 6.78. The van der Waals surface area contributed by atoms with Gasteiger partial charge in [0.25, 0.3) is 0 Å². The molecule has 112 valence electrons. The number of nitrogens with one attached hydrogen (secondary N) is 1. The third-order valence-corrected chi connectivity index (χ3v) is 5.26. The van der Waals surface area contributed by atoms with Gasteiger partial charge >= 0.3 is 0 Å². The first kappa shape index (κ1) is 15.3. The van der Waals surface area contributed by atoms with Crippen LogP contribution in [0.15, 0.2) is 0 Å². The molecular formula is C17H34N2. The first-order valence-electron chi connectivity index (χ1n) is 8.75. The highest BCUT2D eigenvalue weighted by atomic mass is 15.2. The van der Waals surface area contributed by atoms with E-state index in [0.29, 0.717) is 0 Å². The molecule has 2 rings (SSSR count). The molecule has 1 heterocycles. The molecular weight excluding hydrogens is 232 g/mol. The number of hydrogen-bond acceptors (Lipinski definition) is 2. The van der Waals surface area contributed by atoms with Crippen molar-refractivity contribution in [2.45, 2.75) is 77.8 Å². The minimum absolute atomic E-state index is 0.783. The SMILES string of the molecule is CCCCC(CC)CN1CC(C2CC2)NCC1CC. The van der Waals surface area contributed by atoms with Crippen molar-refractivity contribution in [3.05, 3.63) is 0 Å². The minimum atomic E-state index is 0.783. The fourth-order valence-corrected chi connectivity index (χ4v) is 3.57. The molecule has 1 aliphatic heterocycles. The summed E-state index contributed by atoms with van der Waals surface area (Å²) in [5, 5.41) is 3.80. The molecule has 0 bridgehead atoms. The molecule has 1 saturated carbocycles. The lowest BCUT2D eigenvalue weighted by atomic mass is 9.95. The smallest absolute Gasteiger partial charge is 0.0224 e. The Labute approximate surface area is 120 Å². The maximum absolute atomic E-state index is 3.80. The summed E-state index contributed by atoms with van der Waals surface area (Å²) in [7, 11) is 0. The van der Waals surface area contributed by atoms with Crippen molar-refractivity contribution in [3.63, 3.8) is 0 Å². The van der Waals surface area contributed by atoms with Crippen molar-refractivity contribution in [1.29, 1.82) is 0 Å². The molecule has 3 unspecified atom stereocenters. The van der Waals surface area contributed by atoms with Gasteiger partial charge in [0.15, 0.2) is 0 Å². The zero-order chi connectivity index (χ0) is 13.7. The number of nitrogens with zero attached hydrogens (tertiary/aromatic N) is 1. The number of piperazine rings is 1. The Bertz CT molecular complexity index is 250. The van der Waals surface area contributed by atoms with Crippen LogP contribution in [-0.4, -0.2) is 36.6 Å². The zero-order valence-corrected chi connectivity index (χ0v) is 13.3. The summed E-state index contributed by atoms with van der Waals surface area (Å²) in [6.45, 7) is 10.9. The van der Waals surface area contributed by atoms with E-state index in [-0.39, 0.29) is 0 Å². The predicted molar refractivity (Wildman–Crippen MR) is 83.5 cm³/mol. The van der Waals surface area contributed by atoms with E-state index in [1.807, 2.05) is 0 Å². The van der Waals surface area contributed by atoms with E-state index in [0.717, 1.165) is 23.9 Å². The molecule has 0 aromatic rings. The lowest BCUT2D eigenvalue weighted by molar-refractivity contribution is 0.0966. The molecule has 1 aliphatic carbocycles. The van der Waals surface area contributed by atoms with E-state index in [2.05, 4.69) is 31.0 Å². The molecule has 2 nitrogen and oxygen atoms in total. The van der Waals surface area contributed by atoms with Gasteiger partial charge in [0.2, 0.25) is 0 Å². The fourth-order valence-electron chi connectivity index (χ4n) is 3.57. The first-order chi connectivity index (χ1) is 9.28. The number of unbranched alkanes of at least 4 members (excludes halogenated alkanes) is 1. The van der Waals surface area contributed by atoms with E-state index in [1.54, 1.807) is 0 Å². The molecule has 0 spiro atoms. The molecule has 19 heavy (non-hydrogen) atoms. The monoisotopic (exact) mass is 266 g/mol. The maximum atomic E-state index is 3.80. The lowest BCUT2D eigenvalue weighted by Crippen LogP contribution is -2.57. The van der Waals surface area contributed by atoms with E-state index in [9.17, 15) is 0 Å². The lowest BCUT2D eigenvalue weighted by Gasteiger charge is -2.42. The number of rotatable bonds is 8. The van der Waals surface area contributed by atoms with Gasteiger partial charge in [-0.05, 0) is 37.5 Å². The van der Waals surface area contributed by atoms with Crippen molar-refractivity contribution < 1.29 is 0 Å². The molecule has 1 N–H and O–H groups in total. The van der Waals surface area contributed by atoms with Gasteiger partial charge in [-0.1, -0.05) is 40.0 Å². The molecule has 0 amide bonds. The Morgan fingerprint density at radius 2 is 2.00 bits per heavy atom. The minimum Gasteiger partial charge on any atom is -0.311 e. The molecule has 0 radical (unpaired) electrons. The fraction of sp³-hybridized carbons (Fsp3) is 1.00. The molecule has 0 aromatic carbocycles. The van der Waals surface area contributed by atoms with Gasteiger partial charge in [-0.15, -0.1) is 0 Å². The average Bonchev–Trinajstić information content (AvgIpc) is 3.27. The van der Waals surface area contributed by atoms with Crippen LogP contribution in [0.25, 0.3) is 0 Å². The van der Waals surface area contributed by atoms with E-state index < -0.39 is 0 Å². The Morgan fingerprint density at radius 3 is 2.58 bits per heavy atom. The molecule has 2 aliphatic rings. The Morgan fingerprint density at radius 1 is 1.21 bits per heavy atom.